The third kappa shape index (κ3) is 6.11. The standard InChI is InChI=1S/C24H27F3N6O3/c1-23(2,3)36-22(34)32-12-19(33-11-18(30-31-33)16-6-9-21(28)29-10-16)20(13-32)35-14-15-4-7-17(8-5-15)24(25,26)27/h4-11,19-20H,12-14H2,1-3H3,(H2,28,29). The van der Waals surface area contributed by atoms with Gasteiger partial charge in [0.05, 0.1) is 37.1 Å². The van der Waals surface area contributed by atoms with E-state index in [0.717, 1.165) is 17.7 Å². The SMILES string of the molecule is CC(C)(C)OC(=O)N1CC(OCc2ccc(C(F)(F)F)cc2)C(n2cc(-c3ccc(N)nc3)nn2)C1. The zero-order valence-electron chi connectivity index (χ0n) is 20.1. The van der Waals surface area contributed by atoms with Crippen LogP contribution in [0.1, 0.15) is 37.9 Å². The van der Waals surface area contributed by atoms with Crippen LogP contribution in [0.15, 0.2) is 48.8 Å². The van der Waals surface area contributed by atoms with Gasteiger partial charge in [0.25, 0.3) is 0 Å². The molecule has 2 N–H and O–H groups in total. The molecule has 1 aliphatic rings. The second-order valence-electron chi connectivity index (χ2n) is 9.55. The van der Waals surface area contributed by atoms with Gasteiger partial charge in [-0.1, -0.05) is 17.3 Å². The van der Waals surface area contributed by atoms with Crippen LogP contribution in [0.4, 0.5) is 23.8 Å². The monoisotopic (exact) mass is 504 g/mol. The van der Waals surface area contributed by atoms with Gasteiger partial charge < -0.3 is 20.1 Å². The Balaban J connectivity index is 1.52. The largest absolute Gasteiger partial charge is 0.444 e. The fourth-order valence-electron chi connectivity index (χ4n) is 3.77. The predicted octanol–water partition coefficient (Wildman–Crippen LogP) is 4.32. The highest BCUT2D eigenvalue weighted by Crippen LogP contribution is 2.31. The molecule has 2 aromatic heterocycles. The van der Waals surface area contributed by atoms with E-state index in [1.807, 2.05) is 0 Å². The van der Waals surface area contributed by atoms with Crippen LogP contribution in [0.2, 0.25) is 0 Å². The molecule has 0 saturated carbocycles. The fraction of sp³-hybridized carbons (Fsp3) is 0.417. The first-order valence-corrected chi connectivity index (χ1v) is 11.3. The Hall–Kier alpha value is -3.67. The van der Waals surface area contributed by atoms with Crippen molar-refractivity contribution in [1.82, 2.24) is 24.9 Å². The van der Waals surface area contributed by atoms with E-state index in [9.17, 15) is 18.0 Å². The second kappa shape index (κ2) is 9.76. The molecule has 0 aliphatic carbocycles. The summed E-state index contributed by atoms with van der Waals surface area (Å²) in [5.74, 6) is 0.381. The maximum Gasteiger partial charge on any atom is 0.416 e. The predicted molar refractivity (Wildman–Crippen MR) is 125 cm³/mol. The highest BCUT2D eigenvalue weighted by molar-refractivity contribution is 5.68. The number of amides is 1. The van der Waals surface area contributed by atoms with Gasteiger partial charge in [-0.25, -0.2) is 14.5 Å². The first-order chi connectivity index (χ1) is 16.9. The van der Waals surface area contributed by atoms with E-state index < -0.39 is 35.6 Å². The van der Waals surface area contributed by atoms with Gasteiger partial charge in [0, 0.05) is 18.3 Å². The van der Waals surface area contributed by atoms with Crippen LogP contribution < -0.4 is 5.73 Å². The molecule has 3 aromatic rings. The number of alkyl halides is 3. The summed E-state index contributed by atoms with van der Waals surface area (Å²) < 4.78 is 51.8. The summed E-state index contributed by atoms with van der Waals surface area (Å²) in [6.45, 7) is 5.88. The van der Waals surface area contributed by atoms with Crippen LogP contribution in [0.25, 0.3) is 11.3 Å². The number of nitrogens with zero attached hydrogens (tertiary/aromatic N) is 5. The second-order valence-corrected chi connectivity index (χ2v) is 9.55. The van der Waals surface area contributed by atoms with Crippen molar-refractivity contribution in [2.75, 3.05) is 18.8 Å². The van der Waals surface area contributed by atoms with Crippen molar-refractivity contribution in [3.8, 4) is 11.3 Å². The van der Waals surface area contributed by atoms with Crippen molar-refractivity contribution in [2.45, 2.75) is 51.3 Å². The van der Waals surface area contributed by atoms with Gasteiger partial charge in [0.15, 0.2) is 0 Å². The normalized spacial score (nSPS) is 18.4. The molecule has 12 heteroatoms. The number of anilines is 1. The van der Waals surface area contributed by atoms with Gasteiger partial charge in [-0.3, -0.25) is 0 Å². The summed E-state index contributed by atoms with van der Waals surface area (Å²) in [7, 11) is 0. The molecule has 1 aliphatic heterocycles. The van der Waals surface area contributed by atoms with Gasteiger partial charge in [-0.2, -0.15) is 13.2 Å². The summed E-state index contributed by atoms with van der Waals surface area (Å²) in [6.07, 6.45) is -2.08. The Kier molecular flexibility index (Phi) is 6.90. The maximum atomic E-state index is 12.9. The Bertz CT molecular complexity index is 1190. The van der Waals surface area contributed by atoms with Gasteiger partial charge >= 0.3 is 12.3 Å². The molecule has 1 amide bonds. The molecule has 3 heterocycles. The zero-order valence-corrected chi connectivity index (χ0v) is 20.1. The molecular formula is C24H27F3N6O3. The summed E-state index contributed by atoms with van der Waals surface area (Å²) in [5, 5.41) is 8.44. The lowest BCUT2D eigenvalue weighted by molar-refractivity contribution is -0.137. The van der Waals surface area contributed by atoms with E-state index in [1.54, 1.807) is 50.0 Å². The third-order valence-electron chi connectivity index (χ3n) is 5.57. The number of aromatic nitrogens is 4. The molecule has 1 aromatic carbocycles. The van der Waals surface area contributed by atoms with Gasteiger partial charge in [-0.15, -0.1) is 5.10 Å². The molecule has 36 heavy (non-hydrogen) atoms. The highest BCUT2D eigenvalue weighted by atomic mass is 19.4. The van der Waals surface area contributed by atoms with Crippen molar-refractivity contribution in [3.63, 3.8) is 0 Å². The Morgan fingerprint density at radius 3 is 2.44 bits per heavy atom. The minimum atomic E-state index is -4.41. The minimum Gasteiger partial charge on any atom is -0.444 e. The molecule has 9 nitrogen and oxygen atoms in total. The summed E-state index contributed by atoms with van der Waals surface area (Å²) in [4.78, 5) is 18.3. The Morgan fingerprint density at radius 1 is 1.11 bits per heavy atom. The number of nitrogens with two attached hydrogens (primary N) is 1. The van der Waals surface area contributed by atoms with Crippen molar-refractivity contribution >= 4 is 11.9 Å². The lowest BCUT2D eigenvalue weighted by atomic mass is 10.1. The number of pyridine rings is 1. The van der Waals surface area contributed by atoms with Crippen LogP contribution in [-0.4, -0.2) is 55.8 Å². The average Bonchev–Trinajstić information content (AvgIpc) is 3.44. The first-order valence-electron chi connectivity index (χ1n) is 11.3. The van der Waals surface area contributed by atoms with E-state index >= 15 is 0 Å². The summed E-state index contributed by atoms with van der Waals surface area (Å²) in [6, 6.07) is 7.82. The molecule has 4 rings (SSSR count). The molecule has 1 saturated heterocycles. The van der Waals surface area contributed by atoms with Crippen LogP contribution in [0.3, 0.4) is 0 Å². The number of hydrogen-bond acceptors (Lipinski definition) is 7. The highest BCUT2D eigenvalue weighted by Gasteiger charge is 2.40. The van der Waals surface area contributed by atoms with Crippen LogP contribution in [0.5, 0.6) is 0 Å². The van der Waals surface area contributed by atoms with E-state index in [4.69, 9.17) is 15.2 Å². The van der Waals surface area contributed by atoms with Gasteiger partial charge in [0.1, 0.15) is 17.1 Å². The number of nitrogen functional groups attached to an aromatic ring is 1. The fourth-order valence-corrected chi connectivity index (χ4v) is 3.77. The van der Waals surface area contributed by atoms with E-state index in [1.165, 1.54) is 17.0 Å². The molecule has 2 unspecified atom stereocenters. The molecule has 192 valence electrons. The summed E-state index contributed by atoms with van der Waals surface area (Å²) >= 11 is 0. The number of carbonyl (C=O) groups excluding carboxylic acids is 1. The third-order valence-corrected chi connectivity index (χ3v) is 5.57. The van der Waals surface area contributed by atoms with Crippen molar-refractivity contribution < 1.29 is 27.4 Å². The van der Waals surface area contributed by atoms with Gasteiger partial charge in [0.2, 0.25) is 0 Å². The van der Waals surface area contributed by atoms with E-state index in [-0.39, 0.29) is 19.7 Å². The lowest BCUT2D eigenvalue weighted by Gasteiger charge is -2.24. The molecule has 1 fully saturated rings. The van der Waals surface area contributed by atoms with E-state index in [2.05, 4.69) is 15.3 Å². The number of hydrogen-bond donors (Lipinski definition) is 1. The number of carbonyl (C=O) groups is 1. The van der Waals surface area contributed by atoms with Crippen LogP contribution >= 0.6 is 0 Å². The molecule has 0 spiro atoms. The minimum absolute atomic E-state index is 0.0604. The maximum absolute atomic E-state index is 12.9. The molecule has 2 atom stereocenters. The number of benzene rings is 1. The van der Waals surface area contributed by atoms with Crippen molar-refractivity contribution in [2.24, 2.45) is 0 Å². The van der Waals surface area contributed by atoms with E-state index in [0.29, 0.717) is 17.1 Å². The number of rotatable bonds is 5. The molecular weight excluding hydrogens is 477 g/mol. The quantitative estimate of drug-likeness (QED) is 0.551. The van der Waals surface area contributed by atoms with Crippen LogP contribution in [0, 0.1) is 0 Å². The Morgan fingerprint density at radius 2 is 1.83 bits per heavy atom. The molecule has 0 radical (unpaired) electrons. The first kappa shape index (κ1) is 25.4. The Labute approximate surface area is 206 Å². The number of halogens is 3. The topological polar surface area (TPSA) is 108 Å². The van der Waals surface area contributed by atoms with Crippen LogP contribution in [-0.2, 0) is 22.3 Å². The lowest BCUT2D eigenvalue weighted by Crippen LogP contribution is -2.36. The van der Waals surface area contributed by atoms with Crippen molar-refractivity contribution in [1.29, 1.82) is 0 Å². The number of ether oxygens (including phenoxy) is 2. The van der Waals surface area contributed by atoms with Gasteiger partial charge in [-0.05, 0) is 50.6 Å². The smallest absolute Gasteiger partial charge is 0.416 e. The zero-order chi connectivity index (χ0) is 26.1. The number of likely N-dealkylation sites (tertiary alicyclic amines) is 1. The van der Waals surface area contributed by atoms with Crippen molar-refractivity contribution in [3.05, 3.63) is 59.9 Å². The molecule has 0 bridgehead atoms. The summed E-state index contributed by atoms with van der Waals surface area (Å²) in [5.41, 5.74) is 6.12. The average molecular weight is 505 g/mol.